The van der Waals surface area contributed by atoms with Crippen LogP contribution in [0.3, 0.4) is 0 Å². The van der Waals surface area contributed by atoms with Crippen molar-refractivity contribution in [3.63, 3.8) is 0 Å². The first kappa shape index (κ1) is 19.5. The maximum atomic E-state index is 12.2. The highest BCUT2D eigenvalue weighted by Gasteiger charge is 2.18. The number of benzene rings is 3. The molecule has 0 saturated carbocycles. The quantitative estimate of drug-likeness (QED) is 0.511. The zero-order valence-electron chi connectivity index (χ0n) is 16.3. The zero-order valence-corrected chi connectivity index (χ0v) is 16.3. The van der Waals surface area contributed by atoms with Crippen molar-refractivity contribution in [2.24, 2.45) is 0 Å². The molecule has 0 aliphatic rings. The molecule has 144 valence electrons. The molecule has 0 spiro atoms. The summed E-state index contributed by atoms with van der Waals surface area (Å²) in [4.78, 5) is 12.2. The van der Waals surface area contributed by atoms with Gasteiger partial charge in [0.15, 0.2) is 0 Å². The third-order valence-electron chi connectivity index (χ3n) is 4.54. The lowest BCUT2D eigenvalue weighted by Crippen LogP contribution is -2.10. The van der Waals surface area contributed by atoms with Crippen molar-refractivity contribution in [3.8, 4) is 11.5 Å². The highest BCUT2D eigenvalue weighted by molar-refractivity contribution is 5.92. The lowest BCUT2D eigenvalue weighted by molar-refractivity contribution is 0.0593. The minimum atomic E-state index is -0.443. The minimum Gasteiger partial charge on any atom is -0.489 e. The molecule has 0 radical (unpaired) electrons. The molecule has 0 aliphatic carbocycles. The van der Waals surface area contributed by atoms with Gasteiger partial charge in [-0.25, -0.2) is 4.79 Å². The van der Waals surface area contributed by atoms with Crippen molar-refractivity contribution in [1.29, 1.82) is 0 Å². The van der Waals surface area contributed by atoms with Gasteiger partial charge in [-0.3, -0.25) is 0 Å². The molecule has 0 bridgehead atoms. The maximum Gasteiger partial charge on any atom is 0.341 e. The predicted octanol–water partition coefficient (Wildman–Crippen LogP) is 5.50. The molecule has 0 saturated heterocycles. The third-order valence-corrected chi connectivity index (χ3v) is 4.54. The number of carbonyl (C=O) groups excluding carboxylic acids is 1. The largest absolute Gasteiger partial charge is 0.489 e. The van der Waals surface area contributed by atoms with E-state index < -0.39 is 5.97 Å². The van der Waals surface area contributed by atoms with E-state index in [-0.39, 0.29) is 6.10 Å². The van der Waals surface area contributed by atoms with Crippen LogP contribution in [0.2, 0.25) is 0 Å². The second-order valence-electron chi connectivity index (χ2n) is 6.54. The van der Waals surface area contributed by atoms with Crippen LogP contribution in [0, 0.1) is 6.92 Å². The lowest BCUT2D eigenvalue weighted by atomic mass is 10.0. The summed E-state index contributed by atoms with van der Waals surface area (Å²) in [7, 11) is 1.36. The summed E-state index contributed by atoms with van der Waals surface area (Å²) in [5.41, 5.74) is 3.63. The fourth-order valence-electron chi connectivity index (χ4n) is 3.01. The van der Waals surface area contributed by atoms with E-state index in [9.17, 15) is 4.79 Å². The number of carbonyl (C=O) groups is 1. The first-order chi connectivity index (χ1) is 13.6. The van der Waals surface area contributed by atoms with Crippen LogP contribution >= 0.6 is 0 Å². The van der Waals surface area contributed by atoms with E-state index in [1.165, 1.54) is 7.11 Å². The average Bonchev–Trinajstić information content (AvgIpc) is 2.73. The van der Waals surface area contributed by atoms with Crippen molar-refractivity contribution in [2.45, 2.75) is 26.6 Å². The van der Waals surface area contributed by atoms with Gasteiger partial charge in [-0.15, -0.1) is 0 Å². The molecule has 1 unspecified atom stereocenters. The Balaban J connectivity index is 1.84. The topological polar surface area (TPSA) is 44.8 Å². The van der Waals surface area contributed by atoms with Crippen LogP contribution < -0.4 is 9.47 Å². The van der Waals surface area contributed by atoms with E-state index in [0.717, 1.165) is 16.7 Å². The van der Waals surface area contributed by atoms with Crippen molar-refractivity contribution in [3.05, 3.63) is 95.1 Å². The third kappa shape index (κ3) is 4.71. The smallest absolute Gasteiger partial charge is 0.341 e. The number of esters is 1. The number of methoxy groups -OCH3 is 1. The van der Waals surface area contributed by atoms with Gasteiger partial charge < -0.3 is 14.2 Å². The monoisotopic (exact) mass is 376 g/mol. The first-order valence-electron chi connectivity index (χ1n) is 9.19. The Bertz CT molecular complexity index is 934. The molecule has 3 rings (SSSR count). The molecule has 4 heteroatoms. The SMILES string of the molecule is COC(=O)c1ccc(OCc2ccccc2)cc1OC(C)c1ccccc1C. The van der Waals surface area contributed by atoms with Gasteiger partial charge >= 0.3 is 5.97 Å². The van der Waals surface area contributed by atoms with Gasteiger partial charge in [0.05, 0.1) is 7.11 Å². The zero-order chi connectivity index (χ0) is 19.9. The van der Waals surface area contributed by atoms with Crippen LogP contribution in [-0.4, -0.2) is 13.1 Å². The van der Waals surface area contributed by atoms with Gasteiger partial charge in [-0.05, 0) is 42.7 Å². The van der Waals surface area contributed by atoms with Crippen molar-refractivity contribution >= 4 is 5.97 Å². The second-order valence-corrected chi connectivity index (χ2v) is 6.54. The first-order valence-corrected chi connectivity index (χ1v) is 9.19. The molecule has 0 aromatic heterocycles. The van der Waals surface area contributed by atoms with Gasteiger partial charge in [0, 0.05) is 6.07 Å². The minimum absolute atomic E-state index is 0.228. The molecule has 4 nitrogen and oxygen atoms in total. The Kier molecular flexibility index (Phi) is 6.33. The Morgan fingerprint density at radius 3 is 2.39 bits per heavy atom. The van der Waals surface area contributed by atoms with E-state index in [4.69, 9.17) is 14.2 Å². The molecule has 0 aliphatic heterocycles. The van der Waals surface area contributed by atoms with Gasteiger partial charge in [-0.1, -0.05) is 54.6 Å². The van der Waals surface area contributed by atoms with Gasteiger partial charge in [-0.2, -0.15) is 0 Å². The Labute approximate surface area is 165 Å². The molecule has 0 N–H and O–H groups in total. The van der Waals surface area contributed by atoms with Gasteiger partial charge in [0.25, 0.3) is 0 Å². The van der Waals surface area contributed by atoms with E-state index in [0.29, 0.717) is 23.7 Å². The maximum absolute atomic E-state index is 12.2. The van der Waals surface area contributed by atoms with Gasteiger partial charge in [0.1, 0.15) is 29.8 Å². The summed E-state index contributed by atoms with van der Waals surface area (Å²) in [5, 5.41) is 0. The van der Waals surface area contributed by atoms with E-state index >= 15 is 0 Å². The van der Waals surface area contributed by atoms with Crippen molar-refractivity contribution < 1.29 is 19.0 Å². The van der Waals surface area contributed by atoms with E-state index in [1.54, 1.807) is 18.2 Å². The summed E-state index contributed by atoms with van der Waals surface area (Å²) in [6.45, 7) is 4.43. The van der Waals surface area contributed by atoms with Crippen LogP contribution in [0.15, 0.2) is 72.8 Å². The molecule has 3 aromatic rings. The second kappa shape index (κ2) is 9.09. The fraction of sp³-hybridized carbons (Fsp3) is 0.208. The molecule has 0 heterocycles. The summed E-state index contributed by atoms with van der Waals surface area (Å²) in [5.74, 6) is 0.623. The van der Waals surface area contributed by atoms with E-state index in [1.807, 2.05) is 68.4 Å². The highest BCUT2D eigenvalue weighted by atomic mass is 16.5. The van der Waals surface area contributed by atoms with Crippen LogP contribution in [0.1, 0.15) is 40.1 Å². The number of hydrogen-bond acceptors (Lipinski definition) is 4. The summed E-state index contributed by atoms with van der Waals surface area (Å²) in [6, 6.07) is 23.1. The average molecular weight is 376 g/mol. The standard InChI is InChI=1S/C24H24O4/c1-17-9-7-8-12-21(17)18(2)28-23-15-20(13-14-22(23)24(25)26-3)27-16-19-10-5-4-6-11-19/h4-15,18H,16H2,1-3H3. The number of rotatable bonds is 7. The van der Waals surface area contributed by atoms with Gasteiger partial charge in [0.2, 0.25) is 0 Å². The predicted molar refractivity (Wildman–Crippen MR) is 109 cm³/mol. The summed E-state index contributed by atoms with van der Waals surface area (Å²) in [6.07, 6.45) is -0.228. The molecule has 0 fully saturated rings. The number of hydrogen-bond donors (Lipinski definition) is 0. The van der Waals surface area contributed by atoms with Crippen molar-refractivity contribution in [2.75, 3.05) is 7.11 Å². The molecular formula is C24H24O4. The molecule has 0 amide bonds. The summed E-state index contributed by atoms with van der Waals surface area (Å²) >= 11 is 0. The van der Waals surface area contributed by atoms with Crippen LogP contribution in [-0.2, 0) is 11.3 Å². The van der Waals surface area contributed by atoms with E-state index in [2.05, 4.69) is 0 Å². The molecule has 1 atom stereocenters. The lowest BCUT2D eigenvalue weighted by Gasteiger charge is -2.19. The van der Waals surface area contributed by atoms with Crippen LogP contribution in [0.5, 0.6) is 11.5 Å². The number of aryl methyl sites for hydroxylation is 1. The summed E-state index contributed by atoms with van der Waals surface area (Å²) < 4.78 is 16.9. The Morgan fingerprint density at radius 2 is 1.68 bits per heavy atom. The van der Waals surface area contributed by atoms with Crippen LogP contribution in [0.25, 0.3) is 0 Å². The Morgan fingerprint density at radius 1 is 0.964 bits per heavy atom. The molecule has 3 aromatic carbocycles. The fourth-order valence-corrected chi connectivity index (χ4v) is 3.01. The number of ether oxygens (including phenoxy) is 3. The van der Waals surface area contributed by atoms with Crippen LogP contribution in [0.4, 0.5) is 0 Å². The molecule has 28 heavy (non-hydrogen) atoms. The molecular weight excluding hydrogens is 352 g/mol. The van der Waals surface area contributed by atoms with Crippen molar-refractivity contribution in [1.82, 2.24) is 0 Å². The Hall–Kier alpha value is -3.27. The highest BCUT2D eigenvalue weighted by Crippen LogP contribution is 2.31. The normalized spacial score (nSPS) is 11.5.